The van der Waals surface area contributed by atoms with Crippen LogP contribution in [0.5, 0.6) is 0 Å². The number of nitrogens with two attached hydrogens (primary N) is 1. The van der Waals surface area contributed by atoms with Gasteiger partial charge in [-0.3, -0.25) is 9.59 Å². The predicted octanol–water partition coefficient (Wildman–Crippen LogP) is 1.03. The second-order valence-corrected chi connectivity index (χ2v) is 5.17. The van der Waals surface area contributed by atoms with Crippen LogP contribution in [0.1, 0.15) is 18.4 Å². The van der Waals surface area contributed by atoms with Gasteiger partial charge in [0.15, 0.2) is 0 Å². The molecular weight excluding hydrogens is 280 g/mol. The Morgan fingerprint density at radius 3 is 2.80 bits per heavy atom. The van der Waals surface area contributed by atoms with E-state index in [9.17, 15) is 9.59 Å². The Morgan fingerprint density at radius 2 is 2.20 bits per heavy atom. The Bertz CT molecular complexity index is 501. The minimum Gasteiger partial charge on any atom is -0.368 e. The van der Waals surface area contributed by atoms with Crippen LogP contribution in [-0.2, 0) is 20.7 Å². The zero-order valence-corrected chi connectivity index (χ0v) is 11.7. The first-order chi connectivity index (χ1) is 9.58. The van der Waals surface area contributed by atoms with Crippen molar-refractivity contribution in [2.75, 3.05) is 6.61 Å². The van der Waals surface area contributed by atoms with E-state index in [2.05, 4.69) is 5.32 Å². The van der Waals surface area contributed by atoms with Gasteiger partial charge < -0.3 is 15.8 Å². The molecule has 20 heavy (non-hydrogen) atoms. The van der Waals surface area contributed by atoms with E-state index < -0.39 is 18.1 Å². The Balaban J connectivity index is 2.02. The largest absolute Gasteiger partial charge is 0.368 e. The first-order valence-electron chi connectivity index (χ1n) is 6.52. The molecule has 0 spiro atoms. The number of hydrogen-bond acceptors (Lipinski definition) is 3. The van der Waals surface area contributed by atoms with Crippen molar-refractivity contribution < 1.29 is 14.3 Å². The molecule has 2 amide bonds. The van der Waals surface area contributed by atoms with Gasteiger partial charge in [0.05, 0.1) is 0 Å². The molecule has 108 valence electrons. The molecule has 0 aliphatic carbocycles. The first kappa shape index (κ1) is 14.8. The van der Waals surface area contributed by atoms with E-state index in [1.165, 1.54) is 0 Å². The highest BCUT2D eigenvalue weighted by atomic mass is 35.5. The molecule has 0 radical (unpaired) electrons. The van der Waals surface area contributed by atoms with Crippen LogP contribution in [0, 0.1) is 0 Å². The van der Waals surface area contributed by atoms with Gasteiger partial charge in [-0.25, -0.2) is 0 Å². The maximum Gasteiger partial charge on any atom is 0.249 e. The molecule has 1 aliphatic rings. The van der Waals surface area contributed by atoms with Crippen LogP contribution >= 0.6 is 11.6 Å². The molecule has 2 atom stereocenters. The zero-order chi connectivity index (χ0) is 14.5. The number of carbonyl (C=O) groups excluding carboxylic acids is 2. The molecule has 5 nitrogen and oxygen atoms in total. The van der Waals surface area contributed by atoms with Crippen LogP contribution in [0.2, 0.25) is 5.02 Å². The second kappa shape index (κ2) is 6.72. The van der Waals surface area contributed by atoms with Gasteiger partial charge in [-0.15, -0.1) is 0 Å². The summed E-state index contributed by atoms with van der Waals surface area (Å²) < 4.78 is 5.28. The number of carbonyl (C=O) groups is 2. The van der Waals surface area contributed by atoms with E-state index >= 15 is 0 Å². The average molecular weight is 297 g/mol. The minimum atomic E-state index is -0.786. The summed E-state index contributed by atoms with van der Waals surface area (Å²) in [5.74, 6) is -0.880. The molecule has 1 aliphatic heterocycles. The standard InChI is InChI=1S/C14H17ClN2O3/c15-10-5-2-1-4-9(10)8-11(13(16)18)17-14(19)12-6-3-7-20-12/h1-2,4-5,11-12H,3,6-8H2,(H2,16,18)(H,17,19)/t11-,12-/m0/s1. The van der Waals surface area contributed by atoms with Crippen LogP contribution in [0.4, 0.5) is 0 Å². The zero-order valence-electron chi connectivity index (χ0n) is 11.0. The molecule has 0 aromatic heterocycles. The predicted molar refractivity (Wildman–Crippen MR) is 75.3 cm³/mol. The van der Waals surface area contributed by atoms with E-state index in [4.69, 9.17) is 22.1 Å². The minimum absolute atomic E-state index is 0.271. The normalized spacial score (nSPS) is 19.6. The molecular formula is C14H17ClN2O3. The topological polar surface area (TPSA) is 81.4 Å². The SMILES string of the molecule is NC(=O)[C@H](Cc1ccccc1Cl)NC(=O)[C@@H]1CCCO1. The molecule has 0 saturated carbocycles. The van der Waals surface area contributed by atoms with Crippen molar-refractivity contribution >= 4 is 23.4 Å². The van der Waals surface area contributed by atoms with Crippen molar-refractivity contribution in [3.05, 3.63) is 34.9 Å². The van der Waals surface area contributed by atoms with E-state index in [1.807, 2.05) is 6.07 Å². The van der Waals surface area contributed by atoms with Crippen LogP contribution in [-0.4, -0.2) is 30.6 Å². The Labute approximate surface area is 122 Å². The van der Waals surface area contributed by atoms with Crippen molar-refractivity contribution in [1.82, 2.24) is 5.32 Å². The average Bonchev–Trinajstić information content (AvgIpc) is 2.94. The molecule has 1 heterocycles. The summed E-state index contributed by atoms with van der Waals surface area (Å²) in [5, 5.41) is 3.18. The second-order valence-electron chi connectivity index (χ2n) is 4.76. The molecule has 2 rings (SSSR count). The lowest BCUT2D eigenvalue weighted by Crippen LogP contribution is -2.49. The van der Waals surface area contributed by atoms with Gasteiger partial charge in [0.2, 0.25) is 11.8 Å². The van der Waals surface area contributed by atoms with Gasteiger partial charge in [-0.2, -0.15) is 0 Å². The third-order valence-electron chi connectivity index (χ3n) is 3.26. The molecule has 6 heteroatoms. The van der Waals surface area contributed by atoms with Crippen molar-refractivity contribution in [2.45, 2.75) is 31.4 Å². The van der Waals surface area contributed by atoms with Crippen molar-refractivity contribution in [3.8, 4) is 0 Å². The van der Waals surface area contributed by atoms with Crippen molar-refractivity contribution in [1.29, 1.82) is 0 Å². The number of hydrogen-bond donors (Lipinski definition) is 2. The highest BCUT2D eigenvalue weighted by molar-refractivity contribution is 6.31. The van der Waals surface area contributed by atoms with Crippen molar-refractivity contribution in [2.24, 2.45) is 5.73 Å². The highest BCUT2D eigenvalue weighted by Crippen LogP contribution is 2.17. The molecule has 1 saturated heterocycles. The number of benzene rings is 1. The smallest absolute Gasteiger partial charge is 0.249 e. The third kappa shape index (κ3) is 3.71. The summed E-state index contributed by atoms with van der Waals surface area (Å²) in [4.78, 5) is 23.4. The summed E-state index contributed by atoms with van der Waals surface area (Å²) in [6, 6.07) is 6.37. The lowest BCUT2D eigenvalue weighted by atomic mass is 10.0. The van der Waals surface area contributed by atoms with Crippen LogP contribution in [0.3, 0.4) is 0 Å². The van der Waals surface area contributed by atoms with Crippen LogP contribution in [0.25, 0.3) is 0 Å². The number of rotatable bonds is 5. The maximum atomic E-state index is 12.0. The number of halogens is 1. The lowest BCUT2D eigenvalue weighted by molar-refractivity contribution is -0.133. The number of ether oxygens (including phenoxy) is 1. The van der Waals surface area contributed by atoms with E-state index in [-0.39, 0.29) is 12.3 Å². The summed E-state index contributed by atoms with van der Waals surface area (Å²) in [6.07, 6.45) is 1.31. The molecule has 1 aromatic rings. The van der Waals surface area contributed by atoms with Crippen molar-refractivity contribution in [3.63, 3.8) is 0 Å². The summed E-state index contributed by atoms with van der Waals surface area (Å²) in [5.41, 5.74) is 6.11. The van der Waals surface area contributed by atoms with E-state index in [0.29, 0.717) is 18.1 Å². The van der Waals surface area contributed by atoms with Gasteiger partial charge in [0.25, 0.3) is 0 Å². The molecule has 0 bridgehead atoms. The first-order valence-corrected chi connectivity index (χ1v) is 6.90. The lowest BCUT2D eigenvalue weighted by Gasteiger charge is -2.18. The van der Waals surface area contributed by atoms with Gasteiger partial charge in [0.1, 0.15) is 12.1 Å². The third-order valence-corrected chi connectivity index (χ3v) is 3.63. The summed E-state index contributed by atoms with van der Waals surface area (Å²) in [6.45, 7) is 0.573. The number of nitrogens with one attached hydrogen (secondary N) is 1. The fourth-order valence-electron chi connectivity index (χ4n) is 2.16. The maximum absolute atomic E-state index is 12.0. The number of primary amides is 1. The quantitative estimate of drug-likeness (QED) is 0.851. The van der Waals surface area contributed by atoms with Gasteiger partial charge in [-0.05, 0) is 24.5 Å². The molecule has 1 fully saturated rings. The van der Waals surface area contributed by atoms with Gasteiger partial charge in [-0.1, -0.05) is 29.8 Å². The molecule has 0 unspecified atom stereocenters. The monoisotopic (exact) mass is 296 g/mol. The Kier molecular flexibility index (Phi) is 4.98. The highest BCUT2D eigenvalue weighted by Gasteiger charge is 2.27. The van der Waals surface area contributed by atoms with E-state index in [0.717, 1.165) is 12.0 Å². The Hall–Kier alpha value is -1.59. The van der Waals surface area contributed by atoms with Crippen LogP contribution in [0.15, 0.2) is 24.3 Å². The summed E-state index contributed by atoms with van der Waals surface area (Å²) in [7, 11) is 0. The summed E-state index contributed by atoms with van der Waals surface area (Å²) >= 11 is 6.05. The van der Waals surface area contributed by atoms with Gasteiger partial charge in [0, 0.05) is 18.1 Å². The molecule has 1 aromatic carbocycles. The fourth-order valence-corrected chi connectivity index (χ4v) is 2.37. The fraction of sp³-hybridized carbons (Fsp3) is 0.429. The van der Waals surface area contributed by atoms with Gasteiger partial charge >= 0.3 is 0 Å². The Morgan fingerprint density at radius 1 is 1.45 bits per heavy atom. The molecule has 3 N–H and O–H groups in total. The van der Waals surface area contributed by atoms with E-state index in [1.54, 1.807) is 18.2 Å². The number of amides is 2. The van der Waals surface area contributed by atoms with Crippen LogP contribution < -0.4 is 11.1 Å².